The number of ketones is 1. The van der Waals surface area contributed by atoms with E-state index < -0.39 is 17.6 Å². The molecule has 0 radical (unpaired) electrons. The van der Waals surface area contributed by atoms with Crippen LogP contribution in [0.1, 0.15) is 13.8 Å². The van der Waals surface area contributed by atoms with Gasteiger partial charge in [-0.15, -0.1) is 0 Å². The van der Waals surface area contributed by atoms with Gasteiger partial charge in [0.1, 0.15) is 0 Å². The molecule has 4 heteroatoms. The van der Waals surface area contributed by atoms with Gasteiger partial charge in [-0.2, -0.15) is 4.39 Å². The molecular weight excluding hydrogens is 151 g/mol. The second-order valence-corrected chi connectivity index (χ2v) is 1.82. The first-order valence-electron chi connectivity index (χ1n) is 3.12. The summed E-state index contributed by atoms with van der Waals surface area (Å²) in [5.41, 5.74) is 0. The van der Waals surface area contributed by atoms with Crippen LogP contribution in [0.25, 0.3) is 0 Å². The summed E-state index contributed by atoms with van der Waals surface area (Å²) in [6.45, 7) is 2.80. The average Bonchev–Trinajstić information content (AvgIpc) is 1.86. The molecule has 0 aromatic carbocycles. The monoisotopic (exact) mass is 160 g/mol. The molecule has 0 rings (SSSR count). The van der Waals surface area contributed by atoms with Crippen molar-refractivity contribution in [2.24, 2.45) is 0 Å². The predicted molar refractivity (Wildman–Crippen MR) is 36.5 cm³/mol. The van der Waals surface area contributed by atoms with Gasteiger partial charge in [-0.25, -0.2) is 4.79 Å². The van der Waals surface area contributed by atoms with Gasteiger partial charge in [-0.3, -0.25) is 4.79 Å². The van der Waals surface area contributed by atoms with Crippen LogP contribution in [0.15, 0.2) is 11.9 Å². The van der Waals surface area contributed by atoms with E-state index in [0.717, 1.165) is 6.92 Å². The maximum atomic E-state index is 12.4. The number of carbonyl (C=O) groups excluding carboxylic acids is 2. The summed E-state index contributed by atoms with van der Waals surface area (Å²) in [4.78, 5) is 20.7. The first-order chi connectivity index (χ1) is 5.07. The fourth-order valence-corrected chi connectivity index (χ4v) is 0.437. The van der Waals surface area contributed by atoms with Crippen molar-refractivity contribution in [2.45, 2.75) is 13.8 Å². The Balaban J connectivity index is 4.12. The third-order valence-corrected chi connectivity index (χ3v) is 0.800. The van der Waals surface area contributed by atoms with Crippen LogP contribution in [0.4, 0.5) is 4.39 Å². The van der Waals surface area contributed by atoms with Crippen molar-refractivity contribution in [3.63, 3.8) is 0 Å². The first kappa shape index (κ1) is 9.81. The molecule has 62 valence electrons. The van der Waals surface area contributed by atoms with Gasteiger partial charge in [0.15, 0.2) is 5.78 Å². The molecule has 0 fully saturated rings. The smallest absolute Gasteiger partial charge is 0.367 e. The Bertz CT molecular complexity index is 196. The van der Waals surface area contributed by atoms with Crippen LogP contribution < -0.4 is 0 Å². The van der Waals surface area contributed by atoms with E-state index in [2.05, 4.69) is 4.74 Å². The van der Waals surface area contributed by atoms with Crippen molar-refractivity contribution < 1.29 is 18.7 Å². The molecule has 0 amide bonds. The van der Waals surface area contributed by atoms with Crippen molar-refractivity contribution in [1.29, 1.82) is 0 Å². The van der Waals surface area contributed by atoms with Crippen molar-refractivity contribution >= 4 is 11.8 Å². The fourth-order valence-electron chi connectivity index (χ4n) is 0.437. The molecule has 0 saturated heterocycles. The summed E-state index contributed by atoms with van der Waals surface area (Å²) < 4.78 is 16.7. The molecule has 0 aromatic heterocycles. The Morgan fingerprint density at radius 1 is 1.55 bits per heavy atom. The molecule has 0 N–H and O–H groups in total. The Morgan fingerprint density at radius 3 is 2.45 bits per heavy atom. The minimum Gasteiger partial charge on any atom is -0.461 e. The average molecular weight is 160 g/mol. The van der Waals surface area contributed by atoms with Crippen LogP contribution in [-0.4, -0.2) is 18.4 Å². The highest BCUT2D eigenvalue weighted by atomic mass is 19.1. The molecule has 0 spiro atoms. The number of carbonyl (C=O) groups is 2. The van der Waals surface area contributed by atoms with E-state index in [9.17, 15) is 14.0 Å². The van der Waals surface area contributed by atoms with Crippen LogP contribution in [0.3, 0.4) is 0 Å². The summed E-state index contributed by atoms with van der Waals surface area (Å²) in [6.07, 6.45) is 0.595. The lowest BCUT2D eigenvalue weighted by atomic mass is 10.4. The summed E-state index contributed by atoms with van der Waals surface area (Å²) in [6, 6.07) is 0. The maximum absolute atomic E-state index is 12.4. The Kier molecular flexibility index (Phi) is 4.10. The lowest BCUT2D eigenvalue weighted by molar-refractivity contribution is -0.140. The van der Waals surface area contributed by atoms with Gasteiger partial charge in [0.2, 0.25) is 5.83 Å². The summed E-state index contributed by atoms with van der Waals surface area (Å²) in [7, 11) is 0. The van der Waals surface area contributed by atoms with Gasteiger partial charge < -0.3 is 4.74 Å². The van der Waals surface area contributed by atoms with Gasteiger partial charge in [0.05, 0.1) is 6.61 Å². The largest absolute Gasteiger partial charge is 0.461 e. The highest BCUT2D eigenvalue weighted by Gasteiger charge is 2.09. The molecule has 0 aliphatic heterocycles. The van der Waals surface area contributed by atoms with E-state index in [1.165, 1.54) is 0 Å². The number of halogens is 1. The molecule has 0 heterocycles. The molecule has 0 bridgehead atoms. The van der Waals surface area contributed by atoms with Crippen molar-refractivity contribution in [2.75, 3.05) is 6.61 Å². The van der Waals surface area contributed by atoms with Gasteiger partial charge in [-0.05, 0) is 13.8 Å². The zero-order valence-corrected chi connectivity index (χ0v) is 6.39. The minimum atomic E-state index is -1.15. The topological polar surface area (TPSA) is 43.4 Å². The number of rotatable bonds is 3. The van der Waals surface area contributed by atoms with Crippen LogP contribution in [0.2, 0.25) is 0 Å². The molecule has 3 nitrogen and oxygen atoms in total. The van der Waals surface area contributed by atoms with Crippen LogP contribution >= 0.6 is 0 Å². The Morgan fingerprint density at radius 2 is 2.09 bits per heavy atom. The van der Waals surface area contributed by atoms with Crippen molar-refractivity contribution in [1.82, 2.24) is 0 Å². The molecule has 0 saturated carbocycles. The van der Waals surface area contributed by atoms with Gasteiger partial charge in [0.25, 0.3) is 0 Å². The summed E-state index contributed by atoms with van der Waals surface area (Å²) in [5.74, 6) is -2.77. The fraction of sp³-hybridized carbons (Fsp3) is 0.429. The number of hydrogen-bond acceptors (Lipinski definition) is 3. The number of hydrogen-bond donors (Lipinski definition) is 0. The van der Waals surface area contributed by atoms with Gasteiger partial charge in [0, 0.05) is 6.08 Å². The van der Waals surface area contributed by atoms with E-state index in [0.29, 0.717) is 6.08 Å². The number of allylic oxidation sites excluding steroid dienone is 1. The third kappa shape index (κ3) is 4.25. The van der Waals surface area contributed by atoms with Crippen LogP contribution in [-0.2, 0) is 14.3 Å². The lowest BCUT2D eigenvalue weighted by Gasteiger charge is -1.96. The Hall–Kier alpha value is -1.19. The van der Waals surface area contributed by atoms with Crippen LogP contribution in [0.5, 0.6) is 0 Å². The zero-order chi connectivity index (χ0) is 8.85. The van der Waals surface area contributed by atoms with E-state index in [4.69, 9.17) is 0 Å². The zero-order valence-electron chi connectivity index (χ0n) is 6.39. The molecule has 0 aliphatic carbocycles. The standard InChI is InChI=1S/C7H9FO3/c1-3-11-7(10)6(8)4-5(2)9/h4H,3H2,1-2H3/b6-4-. The van der Waals surface area contributed by atoms with Crippen molar-refractivity contribution in [3.8, 4) is 0 Å². The normalized spacial score (nSPS) is 11.0. The highest BCUT2D eigenvalue weighted by Crippen LogP contribution is 1.99. The highest BCUT2D eigenvalue weighted by molar-refractivity contribution is 5.96. The SMILES string of the molecule is CCOC(=O)/C(F)=C/C(C)=O. The molecule has 0 aromatic rings. The number of ether oxygens (including phenoxy) is 1. The van der Waals surface area contributed by atoms with E-state index >= 15 is 0 Å². The Labute approximate surface area is 63.8 Å². The maximum Gasteiger partial charge on any atom is 0.367 e. The first-order valence-corrected chi connectivity index (χ1v) is 3.12. The minimum absolute atomic E-state index is 0.0952. The molecule has 0 atom stereocenters. The third-order valence-electron chi connectivity index (χ3n) is 0.800. The van der Waals surface area contributed by atoms with Crippen LogP contribution in [0, 0.1) is 0 Å². The van der Waals surface area contributed by atoms with E-state index in [1.807, 2.05) is 0 Å². The second kappa shape index (κ2) is 4.60. The van der Waals surface area contributed by atoms with Crippen molar-refractivity contribution in [3.05, 3.63) is 11.9 Å². The molecule has 0 aliphatic rings. The second-order valence-electron chi connectivity index (χ2n) is 1.82. The summed E-state index contributed by atoms with van der Waals surface area (Å²) in [5, 5.41) is 0. The molecule has 11 heavy (non-hydrogen) atoms. The quantitative estimate of drug-likeness (QED) is 0.456. The molecular formula is C7H9FO3. The summed E-state index contributed by atoms with van der Waals surface area (Å²) >= 11 is 0. The molecule has 0 unspecified atom stereocenters. The lowest BCUT2D eigenvalue weighted by Crippen LogP contribution is -2.05. The van der Waals surface area contributed by atoms with E-state index in [1.54, 1.807) is 6.92 Å². The predicted octanol–water partition coefficient (Wildman–Crippen LogP) is 0.992. The number of esters is 1. The van der Waals surface area contributed by atoms with E-state index in [-0.39, 0.29) is 6.61 Å². The van der Waals surface area contributed by atoms with Gasteiger partial charge >= 0.3 is 5.97 Å². The van der Waals surface area contributed by atoms with Gasteiger partial charge in [-0.1, -0.05) is 0 Å².